The van der Waals surface area contributed by atoms with Gasteiger partial charge in [0.2, 0.25) is 5.82 Å². The van der Waals surface area contributed by atoms with Crippen LogP contribution in [0.2, 0.25) is 0 Å². The standard InChI is InChI=1S/C17H19N5O3/c1-10-14(11(2)24-20-10)9-18-16(23)17-19-15(21-25-17)12-5-7-13(8-6-12)22(3)4/h5-8H,9H2,1-4H3,(H,18,23). The van der Waals surface area contributed by atoms with Crippen molar-refractivity contribution >= 4 is 11.6 Å². The molecule has 0 aliphatic rings. The van der Waals surface area contributed by atoms with Crippen LogP contribution in [0.1, 0.15) is 27.7 Å². The van der Waals surface area contributed by atoms with Crippen molar-refractivity contribution in [1.82, 2.24) is 20.6 Å². The van der Waals surface area contributed by atoms with Crippen LogP contribution in [-0.4, -0.2) is 35.3 Å². The van der Waals surface area contributed by atoms with Crippen LogP contribution in [-0.2, 0) is 6.54 Å². The molecule has 2 aromatic heterocycles. The Kier molecular flexibility index (Phi) is 4.51. The van der Waals surface area contributed by atoms with Crippen molar-refractivity contribution in [2.75, 3.05) is 19.0 Å². The van der Waals surface area contributed by atoms with E-state index in [2.05, 4.69) is 20.6 Å². The Morgan fingerprint density at radius 3 is 2.44 bits per heavy atom. The molecular weight excluding hydrogens is 322 g/mol. The molecule has 0 spiro atoms. The van der Waals surface area contributed by atoms with Gasteiger partial charge in [-0.3, -0.25) is 4.79 Å². The Bertz CT molecular complexity index is 861. The number of anilines is 1. The topological polar surface area (TPSA) is 97.3 Å². The second-order valence-electron chi connectivity index (χ2n) is 5.85. The zero-order valence-electron chi connectivity index (χ0n) is 14.5. The molecule has 0 saturated carbocycles. The van der Waals surface area contributed by atoms with Crippen LogP contribution >= 0.6 is 0 Å². The van der Waals surface area contributed by atoms with Crippen LogP contribution in [0.15, 0.2) is 33.3 Å². The maximum absolute atomic E-state index is 12.2. The number of aryl methyl sites for hydroxylation is 2. The highest BCUT2D eigenvalue weighted by atomic mass is 16.5. The fraction of sp³-hybridized carbons (Fsp3) is 0.294. The minimum absolute atomic E-state index is 0.0848. The van der Waals surface area contributed by atoms with Gasteiger partial charge < -0.3 is 19.3 Å². The summed E-state index contributed by atoms with van der Waals surface area (Å²) in [6, 6.07) is 7.66. The van der Waals surface area contributed by atoms with Crippen molar-refractivity contribution in [3.8, 4) is 11.4 Å². The lowest BCUT2D eigenvalue weighted by molar-refractivity contribution is 0.0907. The van der Waals surface area contributed by atoms with Gasteiger partial charge in [0, 0.05) is 37.5 Å². The SMILES string of the molecule is Cc1noc(C)c1CNC(=O)c1nc(-c2ccc(N(C)C)cc2)no1. The van der Waals surface area contributed by atoms with Crippen LogP contribution in [0.4, 0.5) is 5.69 Å². The number of hydrogen-bond acceptors (Lipinski definition) is 7. The number of nitrogens with one attached hydrogen (secondary N) is 1. The fourth-order valence-corrected chi connectivity index (χ4v) is 2.34. The van der Waals surface area contributed by atoms with E-state index in [0.717, 1.165) is 22.5 Å². The first kappa shape index (κ1) is 16.7. The molecule has 0 aliphatic carbocycles. The minimum atomic E-state index is -0.441. The molecule has 8 heteroatoms. The van der Waals surface area contributed by atoms with Gasteiger partial charge in [0.05, 0.1) is 5.69 Å². The molecule has 8 nitrogen and oxygen atoms in total. The Balaban J connectivity index is 1.69. The first-order valence-corrected chi connectivity index (χ1v) is 7.77. The molecule has 3 rings (SSSR count). The molecule has 1 N–H and O–H groups in total. The summed E-state index contributed by atoms with van der Waals surface area (Å²) in [5.74, 6) is 0.514. The molecular formula is C17H19N5O3. The lowest BCUT2D eigenvalue weighted by Crippen LogP contribution is -2.23. The van der Waals surface area contributed by atoms with Gasteiger partial charge in [0.25, 0.3) is 0 Å². The van der Waals surface area contributed by atoms with E-state index in [1.54, 1.807) is 6.92 Å². The lowest BCUT2D eigenvalue weighted by Gasteiger charge is -2.11. The third-order valence-electron chi connectivity index (χ3n) is 3.87. The maximum Gasteiger partial charge on any atom is 0.316 e. The molecule has 0 radical (unpaired) electrons. The van der Waals surface area contributed by atoms with E-state index in [1.165, 1.54) is 0 Å². The first-order valence-electron chi connectivity index (χ1n) is 7.77. The summed E-state index contributed by atoms with van der Waals surface area (Å²) in [4.78, 5) is 18.3. The van der Waals surface area contributed by atoms with Gasteiger partial charge in [-0.05, 0) is 38.1 Å². The predicted octanol–water partition coefficient (Wildman–Crippen LogP) is 2.34. The van der Waals surface area contributed by atoms with Gasteiger partial charge in [0.15, 0.2) is 0 Å². The third-order valence-corrected chi connectivity index (χ3v) is 3.87. The average molecular weight is 341 g/mol. The number of carbonyl (C=O) groups excluding carboxylic acids is 1. The predicted molar refractivity (Wildman–Crippen MR) is 91.2 cm³/mol. The fourth-order valence-electron chi connectivity index (χ4n) is 2.34. The van der Waals surface area contributed by atoms with E-state index >= 15 is 0 Å². The van der Waals surface area contributed by atoms with Crippen molar-refractivity contribution in [2.24, 2.45) is 0 Å². The minimum Gasteiger partial charge on any atom is -0.378 e. The number of benzene rings is 1. The zero-order valence-corrected chi connectivity index (χ0v) is 14.5. The number of nitrogens with zero attached hydrogens (tertiary/aromatic N) is 4. The quantitative estimate of drug-likeness (QED) is 0.760. The zero-order chi connectivity index (χ0) is 18.0. The Morgan fingerprint density at radius 1 is 1.12 bits per heavy atom. The largest absolute Gasteiger partial charge is 0.378 e. The summed E-state index contributed by atoms with van der Waals surface area (Å²) >= 11 is 0. The number of aromatic nitrogens is 3. The monoisotopic (exact) mass is 341 g/mol. The molecule has 0 bridgehead atoms. The van der Waals surface area contributed by atoms with Gasteiger partial charge in [-0.15, -0.1) is 0 Å². The summed E-state index contributed by atoms with van der Waals surface area (Å²) < 4.78 is 10.1. The lowest BCUT2D eigenvalue weighted by atomic mass is 10.2. The molecule has 0 saturated heterocycles. The van der Waals surface area contributed by atoms with E-state index < -0.39 is 5.91 Å². The smallest absolute Gasteiger partial charge is 0.316 e. The molecule has 0 fully saturated rings. The molecule has 1 amide bonds. The van der Waals surface area contributed by atoms with Crippen LogP contribution in [0.25, 0.3) is 11.4 Å². The van der Waals surface area contributed by atoms with Crippen molar-refractivity contribution in [3.05, 3.63) is 47.2 Å². The average Bonchev–Trinajstić information content (AvgIpc) is 3.21. The number of amides is 1. The summed E-state index contributed by atoms with van der Waals surface area (Å²) in [6.45, 7) is 3.90. The van der Waals surface area contributed by atoms with E-state index in [1.807, 2.05) is 50.2 Å². The third kappa shape index (κ3) is 3.52. The summed E-state index contributed by atoms with van der Waals surface area (Å²) in [5, 5.41) is 10.4. The summed E-state index contributed by atoms with van der Waals surface area (Å²) in [6.07, 6.45) is 0. The Morgan fingerprint density at radius 2 is 1.84 bits per heavy atom. The molecule has 0 aliphatic heterocycles. The van der Waals surface area contributed by atoms with E-state index in [4.69, 9.17) is 9.05 Å². The van der Waals surface area contributed by atoms with Gasteiger partial charge in [-0.2, -0.15) is 4.98 Å². The molecule has 0 unspecified atom stereocenters. The molecule has 130 valence electrons. The first-order chi connectivity index (χ1) is 12.0. The molecule has 25 heavy (non-hydrogen) atoms. The van der Waals surface area contributed by atoms with Gasteiger partial charge in [-0.1, -0.05) is 10.3 Å². The van der Waals surface area contributed by atoms with E-state index in [9.17, 15) is 4.79 Å². The Labute approximate surface area is 144 Å². The van der Waals surface area contributed by atoms with Gasteiger partial charge in [-0.25, -0.2) is 0 Å². The van der Waals surface area contributed by atoms with Crippen LogP contribution < -0.4 is 10.2 Å². The highest BCUT2D eigenvalue weighted by molar-refractivity contribution is 5.89. The van der Waals surface area contributed by atoms with Crippen molar-refractivity contribution in [2.45, 2.75) is 20.4 Å². The van der Waals surface area contributed by atoms with Crippen LogP contribution in [0, 0.1) is 13.8 Å². The normalized spacial score (nSPS) is 10.7. The van der Waals surface area contributed by atoms with Gasteiger partial charge in [0.1, 0.15) is 5.76 Å². The Hall–Kier alpha value is -3.16. The highest BCUT2D eigenvalue weighted by Crippen LogP contribution is 2.20. The molecule has 2 heterocycles. The molecule has 3 aromatic rings. The van der Waals surface area contributed by atoms with Crippen molar-refractivity contribution in [3.63, 3.8) is 0 Å². The molecule has 0 atom stereocenters. The summed E-state index contributed by atoms with van der Waals surface area (Å²) in [7, 11) is 3.93. The second-order valence-corrected chi connectivity index (χ2v) is 5.85. The number of hydrogen-bond donors (Lipinski definition) is 1. The van der Waals surface area contributed by atoms with Crippen LogP contribution in [0.5, 0.6) is 0 Å². The van der Waals surface area contributed by atoms with E-state index in [-0.39, 0.29) is 12.4 Å². The van der Waals surface area contributed by atoms with Gasteiger partial charge >= 0.3 is 11.8 Å². The van der Waals surface area contributed by atoms with E-state index in [0.29, 0.717) is 11.6 Å². The molecule has 1 aromatic carbocycles. The number of rotatable bonds is 5. The highest BCUT2D eigenvalue weighted by Gasteiger charge is 2.17. The second kappa shape index (κ2) is 6.76. The maximum atomic E-state index is 12.2. The number of carbonyl (C=O) groups is 1. The van der Waals surface area contributed by atoms with Crippen LogP contribution in [0.3, 0.4) is 0 Å². The summed E-state index contributed by atoms with van der Waals surface area (Å²) in [5.41, 5.74) is 3.42. The van der Waals surface area contributed by atoms with Crippen molar-refractivity contribution < 1.29 is 13.8 Å². The van der Waals surface area contributed by atoms with Crippen molar-refractivity contribution in [1.29, 1.82) is 0 Å².